The van der Waals surface area contributed by atoms with Crippen molar-refractivity contribution in [3.63, 3.8) is 0 Å². The van der Waals surface area contributed by atoms with E-state index in [9.17, 15) is 4.79 Å². The third-order valence-corrected chi connectivity index (χ3v) is 4.96. The van der Waals surface area contributed by atoms with Gasteiger partial charge in [0.15, 0.2) is 5.69 Å². The molecule has 0 radical (unpaired) electrons. The van der Waals surface area contributed by atoms with Gasteiger partial charge in [0.2, 0.25) is 0 Å². The van der Waals surface area contributed by atoms with E-state index >= 15 is 0 Å². The van der Waals surface area contributed by atoms with E-state index in [1.54, 1.807) is 0 Å². The van der Waals surface area contributed by atoms with Crippen molar-refractivity contribution in [3.05, 3.63) is 17.0 Å². The standard InChI is InChI=1S/C14H22N4O.ClH/c1-9(14(2)5-6-14)18(3)13(19)12-10-8-15-7-4-11(10)16-17-12;/h9,15H,4-8H2,1-3H3,(H,16,17);1H. The van der Waals surface area contributed by atoms with E-state index < -0.39 is 0 Å². The molecule has 112 valence electrons. The number of nitrogens with zero attached hydrogens (tertiary/aromatic N) is 2. The highest BCUT2D eigenvalue weighted by molar-refractivity contribution is 5.94. The highest BCUT2D eigenvalue weighted by Crippen LogP contribution is 2.49. The molecule has 1 saturated carbocycles. The van der Waals surface area contributed by atoms with Crippen LogP contribution in [0.5, 0.6) is 0 Å². The van der Waals surface area contributed by atoms with Gasteiger partial charge in [0.25, 0.3) is 5.91 Å². The quantitative estimate of drug-likeness (QED) is 0.893. The smallest absolute Gasteiger partial charge is 0.274 e. The Bertz CT molecular complexity index is 509. The Labute approximate surface area is 125 Å². The van der Waals surface area contributed by atoms with Gasteiger partial charge in [0, 0.05) is 43.9 Å². The van der Waals surface area contributed by atoms with Crippen LogP contribution in [0.3, 0.4) is 0 Å². The summed E-state index contributed by atoms with van der Waals surface area (Å²) in [6.07, 6.45) is 3.35. The van der Waals surface area contributed by atoms with Crippen LogP contribution < -0.4 is 5.32 Å². The van der Waals surface area contributed by atoms with Crippen LogP contribution in [0.15, 0.2) is 0 Å². The molecule has 2 aliphatic rings. The number of nitrogens with one attached hydrogen (secondary N) is 2. The van der Waals surface area contributed by atoms with Crippen LogP contribution in [0.25, 0.3) is 0 Å². The third-order valence-electron chi connectivity index (χ3n) is 4.96. The van der Waals surface area contributed by atoms with Crippen LogP contribution in [-0.4, -0.2) is 40.6 Å². The fraction of sp³-hybridized carbons (Fsp3) is 0.714. The van der Waals surface area contributed by atoms with Crippen molar-refractivity contribution in [2.45, 2.75) is 45.7 Å². The minimum Gasteiger partial charge on any atom is -0.337 e. The lowest BCUT2D eigenvalue weighted by Crippen LogP contribution is -2.40. The van der Waals surface area contributed by atoms with Gasteiger partial charge in [-0.05, 0) is 25.2 Å². The molecule has 20 heavy (non-hydrogen) atoms. The van der Waals surface area contributed by atoms with Crippen LogP contribution in [0, 0.1) is 5.41 Å². The van der Waals surface area contributed by atoms with Crippen molar-refractivity contribution in [3.8, 4) is 0 Å². The Morgan fingerprint density at radius 2 is 2.15 bits per heavy atom. The number of hydrogen-bond acceptors (Lipinski definition) is 3. The van der Waals surface area contributed by atoms with Gasteiger partial charge < -0.3 is 10.2 Å². The molecule has 0 bridgehead atoms. The van der Waals surface area contributed by atoms with Crippen LogP contribution in [-0.2, 0) is 13.0 Å². The minimum atomic E-state index is 0. The van der Waals surface area contributed by atoms with Crippen molar-refractivity contribution < 1.29 is 4.79 Å². The van der Waals surface area contributed by atoms with Crippen molar-refractivity contribution >= 4 is 18.3 Å². The molecular weight excluding hydrogens is 276 g/mol. The molecule has 6 heteroatoms. The van der Waals surface area contributed by atoms with Crippen molar-refractivity contribution in [2.24, 2.45) is 5.41 Å². The maximum absolute atomic E-state index is 12.6. The van der Waals surface area contributed by atoms with Gasteiger partial charge >= 0.3 is 0 Å². The fourth-order valence-corrected chi connectivity index (χ4v) is 2.83. The second-order valence-corrected chi connectivity index (χ2v) is 6.20. The SMILES string of the molecule is CC(N(C)C(=O)c1n[nH]c2c1CNCC2)C1(C)CC1.Cl. The van der Waals surface area contributed by atoms with E-state index in [0.29, 0.717) is 11.1 Å². The Balaban J connectivity index is 0.00000147. The number of aromatic amines is 1. The predicted octanol–water partition coefficient (Wildman–Crippen LogP) is 1.74. The monoisotopic (exact) mass is 298 g/mol. The van der Waals surface area contributed by atoms with Gasteiger partial charge in [0.05, 0.1) is 0 Å². The highest BCUT2D eigenvalue weighted by atomic mass is 35.5. The van der Waals surface area contributed by atoms with Gasteiger partial charge in [-0.1, -0.05) is 6.92 Å². The molecule has 1 aromatic rings. The number of hydrogen-bond donors (Lipinski definition) is 2. The molecule has 2 N–H and O–H groups in total. The van der Waals surface area contributed by atoms with E-state index in [1.807, 2.05) is 11.9 Å². The Morgan fingerprint density at radius 1 is 1.45 bits per heavy atom. The molecule has 3 rings (SSSR count). The van der Waals surface area contributed by atoms with Gasteiger partial charge in [-0.2, -0.15) is 5.10 Å². The lowest BCUT2D eigenvalue weighted by Gasteiger charge is -2.30. The summed E-state index contributed by atoms with van der Waals surface area (Å²) < 4.78 is 0. The molecule has 5 nitrogen and oxygen atoms in total. The maximum Gasteiger partial charge on any atom is 0.274 e. The van der Waals surface area contributed by atoms with E-state index in [4.69, 9.17) is 0 Å². The Hall–Kier alpha value is -1.07. The summed E-state index contributed by atoms with van der Waals surface area (Å²) in [5.41, 5.74) is 3.07. The predicted molar refractivity (Wildman–Crippen MR) is 80.1 cm³/mol. The Morgan fingerprint density at radius 3 is 2.80 bits per heavy atom. The lowest BCUT2D eigenvalue weighted by atomic mass is 9.98. The highest BCUT2D eigenvalue weighted by Gasteiger charge is 2.45. The Kier molecular flexibility index (Phi) is 4.12. The normalized spacial score (nSPS) is 20.6. The number of amides is 1. The molecule has 1 unspecified atom stereocenters. The number of H-pyrrole nitrogens is 1. The summed E-state index contributed by atoms with van der Waals surface area (Å²) in [5.74, 6) is 0.0434. The maximum atomic E-state index is 12.6. The zero-order chi connectivity index (χ0) is 13.6. The first kappa shape index (κ1) is 15.3. The summed E-state index contributed by atoms with van der Waals surface area (Å²) in [5, 5.41) is 10.6. The molecule has 1 aliphatic heterocycles. The van der Waals surface area contributed by atoms with Gasteiger partial charge in [-0.15, -0.1) is 12.4 Å². The van der Waals surface area contributed by atoms with Crippen molar-refractivity contribution in [2.75, 3.05) is 13.6 Å². The molecule has 0 saturated heterocycles. The summed E-state index contributed by atoms with van der Waals surface area (Å²) in [6, 6.07) is 0.267. The van der Waals surface area contributed by atoms with Crippen LogP contribution in [0.1, 0.15) is 48.4 Å². The molecule has 1 aromatic heterocycles. The average molecular weight is 299 g/mol. The van der Waals surface area contributed by atoms with Crippen LogP contribution in [0.2, 0.25) is 0 Å². The fourth-order valence-electron chi connectivity index (χ4n) is 2.83. The van der Waals surface area contributed by atoms with Crippen LogP contribution in [0.4, 0.5) is 0 Å². The van der Waals surface area contributed by atoms with E-state index in [0.717, 1.165) is 30.8 Å². The zero-order valence-electron chi connectivity index (χ0n) is 12.3. The second kappa shape index (κ2) is 5.37. The molecule has 1 fully saturated rings. The largest absolute Gasteiger partial charge is 0.337 e. The van der Waals surface area contributed by atoms with Gasteiger partial charge in [-0.25, -0.2) is 0 Å². The average Bonchev–Trinajstić information content (AvgIpc) is 3.04. The summed E-state index contributed by atoms with van der Waals surface area (Å²) >= 11 is 0. The first-order valence-corrected chi connectivity index (χ1v) is 7.07. The molecule has 1 atom stereocenters. The number of aromatic nitrogens is 2. The topological polar surface area (TPSA) is 61.0 Å². The summed E-state index contributed by atoms with van der Waals surface area (Å²) in [6.45, 7) is 6.09. The molecule has 0 aromatic carbocycles. The lowest BCUT2D eigenvalue weighted by molar-refractivity contribution is 0.0677. The van der Waals surface area contributed by atoms with Gasteiger partial charge in [-0.3, -0.25) is 9.89 Å². The van der Waals surface area contributed by atoms with E-state index in [-0.39, 0.29) is 24.4 Å². The summed E-state index contributed by atoms with van der Waals surface area (Å²) in [4.78, 5) is 14.5. The van der Waals surface area contributed by atoms with E-state index in [1.165, 1.54) is 12.8 Å². The number of carbonyl (C=O) groups is 1. The first-order chi connectivity index (χ1) is 9.03. The zero-order valence-corrected chi connectivity index (χ0v) is 13.1. The minimum absolute atomic E-state index is 0. The number of halogens is 1. The van der Waals surface area contributed by atoms with Gasteiger partial charge in [0.1, 0.15) is 0 Å². The molecule has 0 spiro atoms. The molecule has 2 heterocycles. The number of fused-ring (bicyclic) bond motifs is 1. The summed E-state index contributed by atoms with van der Waals surface area (Å²) in [7, 11) is 1.90. The number of carbonyl (C=O) groups excluding carboxylic acids is 1. The molecule has 1 amide bonds. The van der Waals surface area contributed by atoms with Crippen LogP contribution >= 0.6 is 12.4 Å². The molecule has 1 aliphatic carbocycles. The third kappa shape index (κ3) is 2.44. The number of rotatable bonds is 3. The van der Waals surface area contributed by atoms with Crippen molar-refractivity contribution in [1.29, 1.82) is 0 Å². The second-order valence-electron chi connectivity index (χ2n) is 6.20. The first-order valence-electron chi connectivity index (χ1n) is 7.07. The van der Waals surface area contributed by atoms with Crippen molar-refractivity contribution in [1.82, 2.24) is 20.4 Å². The molecular formula is C14H23ClN4O. The van der Waals surface area contributed by atoms with E-state index in [2.05, 4.69) is 29.4 Å².